The van der Waals surface area contributed by atoms with E-state index >= 15 is 0 Å². The molecule has 26 heavy (non-hydrogen) atoms. The number of piperidine rings is 1. The van der Waals surface area contributed by atoms with Crippen molar-refractivity contribution in [2.75, 3.05) is 33.7 Å². The van der Waals surface area contributed by atoms with Crippen LogP contribution in [0.1, 0.15) is 47.2 Å². The average molecular weight is 356 g/mol. The molecule has 140 valence electrons. The van der Waals surface area contributed by atoms with Gasteiger partial charge in [-0.25, -0.2) is 0 Å². The van der Waals surface area contributed by atoms with Gasteiger partial charge in [-0.2, -0.15) is 0 Å². The van der Waals surface area contributed by atoms with Gasteiger partial charge in [0.15, 0.2) is 5.76 Å². The predicted molar refractivity (Wildman–Crippen MR) is 101 cm³/mol. The summed E-state index contributed by atoms with van der Waals surface area (Å²) in [6.45, 7) is 3.35. The highest BCUT2D eigenvalue weighted by atomic mass is 16.4. The van der Waals surface area contributed by atoms with Crippen LogP contribution in [0.5, 0.6) is 0 Å². The summed E-state index contributed by atoms with van der Waals surface area (Å²) in [5.41, 5.74) is 1.14. The molecule has 3 rings (SSSR count). The Morgan fingerprint density at radius 3 is 2.77 bits per heavy atom. The molecule has 0 radical (unpaired) electrons. The van der Waals surface area contributed by atoms with Crippen molar-refractivity contribution in [1.29, 1.82) is 0 Å². The lowest BCUT2D eigenvalue weighted by Gasteiger charge is -2.34. The lowest BCUT2D eigenvalue weighted by atomic mass is 10.0. The monoisotopic (exact) mass is 356 g/mol. The Kier molecular flexibility index (Phi) is 6.41. The third-order valence-corrected chi connectivity index (χ3v) is 4.71. The first-order valence-electron chi connectivity index (χ1n) is 9.29. The number of pyridine rings is 1. The molecule has 1 aliphatic rings. The molecule has 2 aromatic rings. The lowest BCUT2D eigenvalue weighted by molar-refractivity contribution is 0.0894. The molecule has 0 unspecified atom stereocenters. The number of nitrogens with zero attached hydrogens (tertiary/aromatic N) is 3. The van der Waals surface area contributed by atoms with E-state index in [1.165, 1.54) is 19.3 Å². The molecule has 0 aliphatic carbocycles. The van der Waals surface area contributed by atoms with Crippen LogP contribution in [0.3, 0.4) is 0 Å². The highest BCUT2D eigenvalue weighted by Gasteiger charge is 2.23. The molecule has 0 spiro atoms. The van der Waals surface area contributed by atoms with Crippen LogP contribution < -0.4 is 5.32 Å². The van der Waals surface area contributed by atoms with Gasteiger partial charge >= 0.3 is 0 Å². The Morgan fingerprint density at radius 1 is 1.27 bits per heavy atom. The zero-order valence-electron chi connectivity index (χ0n) is 15.6. The molecule has 1 atom stereocenters. The Morgan fingerprint density at radius 2 is 2.08 bits per heavy atom. The van der Waals surface area contributed by atoms with Crippen molar-refractivity contribution in [3.05, 3.63) is 53.7 Å². The molecule has 0 aromatic carbocycles. The lowest BCUT2D eigenvalue weighted by Crippen LogP contribution is -2.40. The molecule has 1 aliphatic heterocycles. The highest BCUT2D eigenvalue weighted by Crippen LogP contribution is 2.23. The van der Waals surface area contributed by atoms with Gasteiger partial charge in [-0.1, -0.05) is 12.5 Å². The number of hydrogen-bond donors (Lipinski definition) is 1. The summed E-state index contributed by atoms with van der Waals surface area (Å²) in [4.78, 5) is 21.2. The quantitative estimate of drug-likeness (QED) is 0.826. The summed E-state index contributed by atoms with van der Waals surface area (Å²) < 4.78 is 5.66. The number of rotatable bonds is 7. The van der Waals surface area contributed by atoms with Gasteiger partial charge in [0.25, 0.3) is 5.91 Å². The maximum atomic E-state index is 12.5. The fourth-order valence-electron chi connectivity index (χ4n) is 3.43. The van der Waals surface area contributed by atoms with E-state index in [1.807, 2.05) is 37.3 Å². The van der Waals surface area contributed by atoms with Gasteiger partial charge in [0.1, 0.15) is 5.76 Å². The molecule has 0 bridgehead atoms. The van der Waals surface area contributed by atoms with Gasteiger partial charge in [-0.15, -0.1) is 0 Å². The minimum atomic E-state index is -0.166. The molecule has 3 heterocycles. The van der Waals surface area contributed by atoms with E-state index in [1.54, 1.807) is 12.3 Å². The van der Waals surface area contributed by atoms with Crippen LogP contribution in [-0.2, 0) is 6.54 Å². The molecule has 1 amide bonds. The third kappa shape index (κ3) is 4.93. The van der Waals surface area contributed by atoms with Gasteiger partial charge in [-0.05, 0) is 63.8 Å². The number of aromatic nitrogens is 1. The predicted octanol–water partition coefficient (Wildman–Crippen LogP) is 2.69. The second kappa shape index (κ2) is 8.96. The number of hydrogen-bond acceptors (Lipinski definition) is 5. The van der Waals surface area contributed by atoms with Crippen LogP contribution in [0.2, 0.25) is 0 Å². The van der Waals surface area contributed by atoms with E-state index < -0.39 is 0 Å². The number of carbonyl (C=O) groups excluding carboxylic acids is 1. The molecule has 1 N–H and O–H groups in total. The normalized spacial score (nSPS) is 16.6. The van der Waals surface area contributed by atoms with E-state index in [2.05, 4.69) is 21.3 Å². The molecule has 6 nitrogen and oxygen atoms in total. The van der Waals surface area contributed by atoms with Crippen LogP contribution >= 0.6 is 0 Å². The minimum absolute atomic E-state index is 0.143. The zero-order chi connectivity index (χ0) is 18.4. The number of furan rings is 1. The fraction of sp³-hybridized carbons (Fsp3) is 0.500. The first kappa shape index (κ1) is 18.6. The minimum Gasteiger partial charge on any atom is -0.455 e. The molecular weight excluding hydrogens is 328 g/mol. The van der Waals surface area contributed by atoms with Crippen LogP contribution in [0.25, 0.3) is 0 Å². The molecule has 0 saturated carbocycles. The van der Waals surface area contributed by atoms with E-state index in [9.17, 15) is 4.79 Å². The Labute approximate surface area is 155 Å². The zero-order valence-corrected chi connectivity index (χ0v) is 15.6. The number of carbonyl (C=O) groups is 1. The maximum absolute atomic E-state index is 12.5. The number of amides is 1. The van der Waals surface area contributed by atoms with E-state index in [4.69, 9.17) is 4.42 Å². The smallest absolute Gasteiger partial charge is 0.287 e. The van der Waals surface area contributed by atoms with Crippen LogP contribution in [0.4, 0.5) is 0 Å². The van der Waals surface area contributed by atoms with Crippen molar-refractivity contribution in [2.45, 2.75) is 31.8 Å². The molecule has 1 fully saturated rings. The van der Waals surface area contributed by atoms with Gasteiger partial charge in [0.05, 0.1) is 12.6 Å². The standard InChI is InChI=1S/C20H28N4O2/c1-23(2)15-17-8-9-19(26-17)20(25)22-14-18(16-7-6-10-21-13-16)24-11-4-3-5-12-24/h6-10,13,18H,3-5,11-12,14-15H2,1-2H3,(H,22,25)/t18-/m1/s1. The van der Waals surface area contributed by atoms with Crippen LogP contribution in [0.15, 0.2) is 41.1 Å². The third-order valence-electron chi connectivity index (χ3n) is 4.71. The van der Waals surface area contributed by atoms with Gasteiger partial charge in [0.2, 0.25) is 0 Å². The van der Waals surface area contributed by atoms with Crippen molar-refractivity contribution in [3.63, 3.8) is 0 Å². The van der Waals surface area contributed by atoms with Gasteiger partial charge < -0.3 is 14.6 Å². The van der Waals surface area contributed by atoms with Crippen molar-refractivity contribution in [2.24, 2.45) is 0 Å². The maximum Gasteiger partial charge on any atom is 0.287 e. The molecular formula is C20H28N4O2. The fourth-order valence-corrected chi connectivity index (χ4v) is 3.43. The van der Waals surface area contributed by atoms with Gasteiger partial charge in [-0.3, -0.25) is 14.7 Å². The van der Waals surface area contributed by atoms with Crippen molar-refractivity contribution < 1.29 is 9.21 Å². The molecule has 6 heteroatoms. The average Bonchev–Trinajstić information content (AvgIpc) is 3.11. The van der Waals surface area contributed by atoms with Crippen molar-refractivity contribution in [3.8, 4) is 0 Å². The first-order chi connectivity index (χ1) is 12.6. The molecule has 2 aromatic heterocycles. The largest absolute Gasteiger partial charge is 0.455 e. The Balaban J connectivity index is 1.65. The van der Waals surface area contributed by atoms with Gasteiger partial charge in [0, 0.05) is 18.9 Å². The summed E-state index contributed by atoms with van der Waals surface area (Å²) in [7, 11) is 3.94. The first-order valence-corrected chi connectivity index (χ1v) is 9.29. The number of likely N-dealkylation sites (tertiary alicyclic amines) is 1. The molecule has 1 saturated heterocycles. The van der Waals surface area contributed by atoms with Crippen molar-refractivity contribution >= 4 is 5.91 Å². The Bertz CT molecular complexity index is 693. The summed E-state index contributed by atoms with van der Waals surface area (Å²) in [6.07, 6.45) is 7.37. The summed E-state index contributed by atoms with van der Waals surface area (Å²) in [5, 5.41) is 3.05. The van der Waals surface area contributed by atoms with Crippen molar-refractivity contribution in [1.82, 2.24) is 20.1 Å². The van der Waals surface area contributed by atoms with E-state index in [0.717, 1.165) is 24.4 Å². The number of nitrogens with one attached hydrogen (secondary N) is 1. The Hall–Kier alpha value is -2.18. The summed E-state index contributed by atoms with van der Waals surface area (Å²) in [5.74, 6) is 0.992. The second-order valence-corrected chi connectivity index (χ2v) is 7.11. The SMILES string of the molecule is CN(C)Cc1ccc(C(=O)NC[C@H](c2cccnc2)N2CCCCC2)o1. The second-order valence-electron chi connectivity index (χ2n) is 7.11. The topological polar surface area (TPSA) is 61.6 Å². The summed E-state index contributed by atoms with van der Waals surface area (Å²) in [6, 6.07) is 7.78. The van der Waals surface area contributed by atoms with E-state index in [-0.39, 0.29) is 11.9 Å². The van der Waals surface area contributed by atoms with Crippen LogP contribution in [-0.4, -0.2) is 54.4 Å². The van der Waals surface area contributed by atoms with E-state index in [0.29, 0.717) is 18.8 Å². The summed E-state index contributed by atoms with van der Waals surface area (Å²) >= 11 is 0. The highest BCUT2D eigenvalue weighted by molar-refractivity contribution is 5.91. The van der Waals surface area contributed by atoms with Crippen LogP contribution in [0, 0.1) is 0 Å².